The number of benzene rings is 2. The van der Waals surface area contributed by atoms with Crippen molar-refractivity contribution < 1.29 is 32.6 Å². The molecule has 9 nitrogen and oxygen atoms in total. The molecule has 1 saturated heterocycles. The Kier molecular flexibility index (Phi) is 10.5. The summed E-state index contributed by atoms with van der Waals surface area (Å²) in [6.45, 7) is 14.3. The Balaban J connectivity index is 1.44. The Morgan fingerprint density at radius 1 is 1.00 bits per heavy atom. The molecular formula is C43H50F2N4O5Si. The second-order valence-electron chi connectivity index (χ2n) is 16.7. The molecule has 0 radical (unpaired) electrons. The lowest BCUT2D eigenvalue weighted by molar-refractivity contribution is -0.138. The van der Waals surface area contributed by atoms with Gasteiger partial charge in [0.1, 0.15) is 55.3 Å². The smallest absolute Gasteiger partial charge is 0.319 e. The van der Waals surface area contributed by atoms with Crippen molar-refractivity contribution in [2.45, 2.75) is 96.7 Å². The van der Waals surface area contributed by atoms with Gasteiger partial charge in [-0.2, -0.15) is 9.97 Å². The zero-order chi connectivity index (χ0) is 39.3. The van der Waals surface area contributed by atoms with Gasteiger partial charge in [-0.1, -0.05) is 53.5 Å². The van der Waals surface area contributed by atoms with Crippen LogP contribution in [0.1, 0.15) is 85.6 Å². The van der Waals surface area contributed by atoms with Crippen molar-refractivity contribution in [3.63, 3.8) is 0 Å². The molecule has 12 heteroatoms. The molecule has 4 aromatic rings. The summed E-state index contributed by atoms with van der Waals surface area (Å²) in [6, 6.07) is 6.36. The van der Waals surface area contributed by atoms with Gasteiger partial charge in [-0.15, -0.1) is 5.54 Å². The van der Waals surface area contributed by atoms with E-state index in [1.54, 1.807) is 18.2 Å². The number of anilines is 1. The molecule has 2 aromatic carbocycles. The quantitative estimate of drug-likeness (QED) is 0.0605. The Morgan fingerprint density at radius 3 is 2.36 bits per heavy atom. The highest BCUT2D eigenvalue weighted by Crippen LogP contribution is 2.47. The molecule has 0 bridgehead atoms. The predicted molar refractivity (Wildman–Crippen MR) is 212 cm³/mol. The molecule has 0 N–H and O–H groups in total. The van der Waals surface area contributed by atoms with Crippen LogP contribution in [0, 0.1) is 33.9 Å². The largest absolute Gasteiger partial charge is 0.468 e. The molecule has 3 heterocycles. The SMILES string of the molecule is COCOc1cc(-c2ncc3c(N4CCC[C@]5(CCC5=O)C4)nc(OCC4(C=O)CC4)nc3c2F)c2c(C#C[Si](C(C)C)(C(C)C)C(C)C)c(F)ccc2c1. The number of aldehydes is 1. The van der Waals surface area contributed by atoms with Crippen molar-refractivity contribution in [3.05, 3.63) is 47.7 Å². The van der Waals surface area contributed by atoms with Crippen molar-refractivity contribution >= 4 is 47.6 Å². The van der Waals surface area contributed by atoms with E-state index < -0.39 is 30.5 Å². The van der Waals surface area contributed by atoms with Crippen LogP contribution in [0.3, 0.4) is 0 Å². The van der Waals surface area contributed by atoms with E-state index in [9.17, 15) is 9.59 Å². The van der Waals surface area contributed by atoms with Crippen molar-refractivity contribution in [2.24, 2.45) is 10.8 Å². The summed E-state index contributed by atoms with van der Waals surface area (Å²) >= 11 is 0. The molecule has 0 amide bonds. The number of ether oxygens (including phenoxy) is 3. The topological polar surface area (TPSA) is 104 Å². The van der Waals surface area contributed by atoms with E-state index in [1.165, 1.54) is 19.4 Å². The average molecular weight is 769 g/mol. The molecular weight excluding hydrogens is 719 g/mol. The molecule has 2 aliphatic carbocycles. The summed E-state index contributed by atoms with van der Waals surface area (Å²) in [6.07, 6.45) is 6.77. The number of pyridine rings is 1. The molecule has 1 spiro atoms. The fraction of sp³-hybridized carbons (Fsp3) is 0.512. The summed E-state index contributed by atoms with van der Waals surface area (Å²) in [7, 11) is -0.787. The first kappa shape index (κ1) is 38.8. The number of rotatable bonds is 12. The van der Waals surface area contributed by atoms with E-state index in [2.05, 4.69) is 58.0 Å². The molecule has 2 aromatic heterocycles. The number of nitrogens with zero attached hydrogens (tertiary/aromatic N) is 4. The first-order valence-electron chi connectivity index (χ1n) is 19.4. The number of Topliss-reactive ketones (excluding diaryl/α,β-unsaturated/α-hetero) is 1. The Labute approximate surface area is 322 Å². The molecule has 2 saturated carbocycles. The number of ketones is 1. The predicted octanol–water partition coefficient (Wildman–Crippen LogP) is 8.98. The van der Waals surface area contributed by atoms with Gasteiger partial charge in [0.2, 0.25) is 0 Å². The number of methoxy groups -OCH3 is 1. The zero-order valence-corrected chi connectivity index (χ0v) is 33.9. The molecule has 1 aliphatic heterocycles. The first-order chi connectivity index (χ1) is 26.3. The fourth-order valence-corrected chi connectivity index (χ4v) is 14.2. The third-order valence-electron chi connectivity index (χ3n) is 12.5. The number of hydrogen-bond acceptors (Lipinski definition) is 9. The van der Waals surface area contributed by atoms with Crippen LogP contribution in [0.15, 0.2) is 30.5 Å². The van der Waals surface area contributed by atoms with Gasteiger partial charge in [-0.25, -0.2) is 8.78 Å². The lowest BCUT2D eigenvalue weighted by Crippen LogP contribution is -2.53. The van der Waals surface area contributed by atoms with Crippen LogP contribution in [0.2, 0.25) is 16.6 Å². The molecule has 7 rings (SSSR count). The van der Waals surface area contributed by atoms with E-state index in [-0.39, 0.29) is 47.5 Å². The van der Waals surface area contributed by atoms with E-state index in [0.717, 1.165) is 25.5 Å². The van der Waals surface area contributed by atoms with Crippen molar-refractivity contribution in [1.29, 1.82) is 0 Å². The number of carbonyl (C=O) groups is 2. The van der Waals surface area contributed by atoms with Crippen LogP contribution in [0.4, 0.5) is 14.6 Å². The third kappa shape index (κ3) is 6.88. The molecule has 290 valence electrons. The number of aromatic nitrogens is 3. The standard InChI is InChI=1S/C43H50F2N4O5Si/c1-26(2)55(27(3)4,28(5)6)18-12-31-34(44)10-9-29-19-30(54-25-52-7)20-32(36(29)31)38-37(45)39-33(21-46-38)40(48-41(47-39)53-24-42(23-50)15-16-42)49-17-8-13-43(22-49)14-11-35(43)51/h9-10,19-21,23,26-28H,8,11,13-17,22,24-25H2,1-7H3/t43-/m0/s1. The van der Waals surface area contributed by atoms with Crippen LogP contribution in [-0.4, -0.2) is 68.7 Å². The van der Waals surface area contributed by atoms with Crippen LogP contribution in [0.25, 0.3) is 32.9 Å². The number of halogens is 2. The van der Waals surface area contributed by atoms with Gasteiger partial charge >= 0.3 is 6.01 Å². The highest BCUT2D eigenvalue weighted by Gasteiger charge is 2.49. The van der Waals surface area contributed by atoms with Gasteiger partial charge in [0.15, 0.2) is 12.6 Å². The Hall–Kier alpha value is -4.47. The monoisotopic (exact) mass is 768 g/mol. The lowest BCUT2D eigenvalue weighted by atomic mass is 9.63. The van der Waals surface area contributed by atoms with E-state index in [0.29, 0.717) is 76.7 Å². The summed E-state index contributed by atoms with van der Waals surface area (Å²) in [5.41, 5.74) is 3.91. The maximum atomic E-state index is 17.4. The summed E-state index contributed by atoms with van der Waals surface area (Å²) < 4.78 is 50.7. The van der Waals surface area contributed by atoms with Crippen LogP contribution in [-0.2, 0) is 14.3 Å². The average Bonchev–Trinajstić information content (AvgIpc) is 3.96. The molecule has 0 unspecified atom stereocenters. The summed E-state index contributed by atoms with van der Waals surface area (Å²) in [4.78, 5) is 40.7. The van der Waals surface area contributed by atoms with E-state index >= 15 is 8.78 Å². The molecule has 55 heavy (non-hydrogen) atoms. The number of piperidine rings is 1. The van der Waals surface area contributed by atoms with E-state index in [1.807, 2.05) is 4.90 Å². The minimum absolute atomic E-state index is 0.0354. The molecule has 3 fully saturated rings. The second kappa shape index (κ2) is 14.9. The highest BCUT2D eigenvalue weighted by molar-refractivity contribution is 6.90. The Bertz CT molecular complexity index is 2210. The van der Waals surface area contributed by atoms with Crippen molar-refractivity contribution in [1.82, 2.24) is 15.0 Å². The van der Waals surface area contributed by atoms with E-state index in [4.69, 9.17) is 24.2 Å². The fourth-order valence-electron chi connectivity index (χ4n) is 9.04. The van der Waals surface area contributed by atoms with Gasteiger partial charge in [-0.3, -0.25) is 9.78 Å². The van der Waals surface area contributed by atoms with Crippen molar-refractivity contribution in [3.8, 4) is 34.5 Å². The third-order valence-corrected chi connectivity index (χ3v) is 18.8. The minimum atomic E-state index is -2.29. The molecule has 1 atom stereocenters. The highest BCUT2D eigenvalue weighted by atomic mass is 28.3. The zero-order valence-electron chi connectivity index (χ0n) is 32.9. The maximum Gasteiger partial charge on any atom is 0.319 e. The number of carbonyl (C=O) groups excluding carboxylic acids is 2. The van der Waals surface area contributed by atoms with Gasteiger partial charge in [-0.05, 0) is 72.3 Å². The van der Waals surface area contributed by atoms with Crippen LogP contribution < -0.4 is 14.4 Å². The first-order valence-corrected chi connectivity index (χ1v) is 21.7. The number of hydrogen-bond donors (Lipinski definition) is 0. The van der Waals surface area contributed by atoms with Crippen molar-refractivity contribution in [2.75, 3.05) is 38.5 Å². The maximum absolute atomic E-state index is 17.4. The van der Waals surface area contributed by atoms with Crippen LogP contribution >= 0.6 is 0 Å². The summed E-state index contributed by atoms with van der Waals surface area (Å²) in [5, 5.41) is 1.37. The van der Waals surface area contributed by atoms with Gasteiger partial charge in [0.25, 0.3) is 0 Å². The van der Waals surface area contributed by atoms with Crippen LogP contribution in [0.5, 0.6) is 11.8 Å². The lowest BCUT2D eigenvalue weighted by Gasteiger charge is -2.47. The minimum Gasteiger partial charge on any atom is -0.468 e. The normalized spacial score (nSPS) is 19.3. The van der Waals surface area contributed by atoms with Gasteiger partial charge in [0.05, 0.1) is 16.4 Å². The molecule has 3 aliphatic rings. The summed E-state index contributed by atoms with van der Waals surface area (Å²) in [5.74, 6) is 3.09. The second-order valence-corrected chi connectivity index (χ2v) is 22.3. The number of fused-ring (bicyclic) bond motifs is 2. The Morgan fingerprint density at radius 2 is 1.75 bits per heavy atom. The van der Waals surface area contributed by atoms with Gasteiger partial charge in [0, 0.05) is 49.2 Å². The van der Waals surface area contributed by atoms with Gasteiger partial charge < -0.3 is 23.9 Å².